The molecule has 0 aromatic heterocycles. The maximum atomic E-state index is 12.5. The Morgan fingerprint density at radius 1 is 0.776 bits per heavy atom. The first-order valence-corrected chi connectivity index (χ1v) is 18.1. The van der Waals surface area contributed by atoms with Crippen LogP contribution < -0.4 is 0 Å². The fraction of sp³-hybridized carbons (Fsp3) is 0.914. The summed E-state index contributed by atoms with van der Waals surface area (Å²) in [5.74, 6) is 0.683. The highest BCUT2D eigenvalue weighted by Crippen LogP contribution is 2.70. The number of aliphatic hydroxyl groups excluding tert-OH is 7. The minimum Gasteiger partial charge on any atom is -0.458 e. The molecule has 1 unspecified atom stereocenters. The average Bonchev–Trinajstić information content (AvgIpc) is 3.63. The number of cyclic esters (lactones) is 1. The van der Waals surface area contributed by atoms with Gasteiger partial charge in [0, 0.05) is 11.5 Å². The number of carbonyl (C=O) groups is 1. The van der Waals surface area contributed by atoms with Gasteiger partial charge >= 0.3 is 5.97 Å². The smallest absolute Gasteiger partial charge is 0.331 e. The number of hydrogen-bond donors (Lipinski definition) is 8. The van der Waals surface area contributed by atoms with Gasteiger partial charge in [-0.2, -0.15) is 0 Å². The minimum absolute atomic E-state index is 0.00679. The molecule has 7 aliphatic rings. The van der Waals surface area contributed by atoms with E-state index >= 15 is 0 Å². The average molecular weight is 699 g/mol. The summed E-state index contributed by atoms with van der Waals surface area (Å²) in [5, 5.41) is 84.9. The topological polar surface area (TPSA) is 225 Å². The van der Waals surface area contributed by atoms with Crippen LogP contribution in [0.15, 0.2) is 11.6 Å². The molecular weight excluding hydrogens is 644 g/mol. The van der Waals surface area contributed by atoms with Crippen LogP contribution in [0.5, 0.6) is 0 Å². The third kappa shape index (κ3) is 5.73. The summed E-state index contributed by atoms with van der Waals surface area (Å²) in [7, 11) is 0. The lowest BCUT2D eigenvalue weighted by Gasteiger charge is -2.64. The Kier molecular flexibility index (Phi) is 9.80. The van der Waals surface area contributed by atoms with E-state index in [0.717, 1.165) is 56.9 Å². The molecule has 0 aromatic carbocycles. The number of fused-ring (bicyclic) bond motifs is 5. The van der Waals surface area contributed by atoms with Crippen molar-refractivity contribution in [3.8, 4) is 0 Å². The standard InChI is InChI=1S/C35H54O14/c1-33-8-5-18(46-31-29(43)27(41)30(23(14-37)48-31)49-32-28(42)26(40)25(39)22(13-36)47-32)12-17(33)3-4-21-20(33)6-9-34(2)19(7-10-35(21,34)44)16-11-24(38)45-15-16/h11,17-23,25-32,36-37,39-44H,3-10,12-15H2,1-2H3/t17-,18?,19-,20+,21-,22-,23-,25-,26+,27-,28-,29-,30-,31-,32+,33+,34-,35+/m1/s1. The first-order chi connectivity index (χ1) is 23.3. The Morgan fingerprint density at radius 3 is 2.16 bits per heavy atom. The molecule has 0 amide bonds. The normalized spacial score (nSPS) is 54.4. The van der Waals surface area contributed by atoms with Crippen molar-refractivity contribution in [2.45, 2.75) is 145 Å². The maximum Gasteiger partial charge on any atom is 0.331 e. The molecule has 6 fully saturated rings. The summed E-state index contributed by atoms with van der Waals surface area (Å²) >= 11 is 0. The third-order valence-electron chi connectivity index (χ3n) is 14.2. The molecule has 278 valence electrons. The van der Waals surface area contributed by atoms with Crippen molar-refractivity contribution in [1.29, 1.82) is 0 Å². The summed E-state index contributed by atoms with van der Waals surface area (Å²) in [6.07, 6.45) is -5.96. The van der Waals surface area contributed by atoms with E-state index in [9.17, 15) is 45.6 Å². The van der Waals surface area contributed by atoms with Crippen molar-refractivity contribution in [3.63, 3.8) is 0 Å². The number of rotatable bonds is 7. The van der Waals surface area contributed by atoms with E-state index in [2.05, 4.69) is 13.8 Å². The van der Waals surface area contributed by atoms with Crippen LogP contribution in [0, 0.1) is 34.5 Å². The molecule has 7 rings (SSSR count). The Hall–Kier alpha value is -1.27. The minimum atomic E-state index is -1.74. The van der Waals surface area contributed by atoms with Gasteiger partial charge in [0.25, 0.3) is 0 Å². The van der Waals surface area contributed by atoms with E-state index < -0.39 is 80.2 Å². The first-order valence-electron chi connectivity index (χ1n) is 18.1. The molecule has 3 heterocycles. The quantitative estimate of drug-likeness (QED) is 0.121. The number of hydrogen-bond acceptors (Lipinski definition) is 14. The Bertz CT molecular complexity index is 1260. The van der Waals surface area contributed by atoms with Gasteiger partial charge in [-0.1, -0.05) is 13.8 Å². The van der Waals surface area contributed by atoms with Gasteiger partial charge in [-0.05, 0) is 92.4 Å². The summed E-state index contributed by atoms with van der Waals surface area (Å²) < 4.78 is 28.6. The third-order valence-corrected chi connectivity index (χ3v) is 14.2. The zero-order valence-electron chi connectivity index (χ0n) is 28.3. The van der Waals surface area contributed by atoms with Gasteiger partial charge in [-0.3, -0.25) is 0 Å². The Morgan fingerprint density at radius 2 is 1.47 bits per heavy atom. The summed E-state index contributed by atoms with van der Waals surface area (Å²) in [4.78, 5) is 11.9. The van der Waals surface area contributed by atoms with Crippen LogP contribution in [0.3, 0.4) is 0 Å². The summed E-state index contributed by atoms with van der Waals surface area (Å²) in [6.45, 7) is 3.60. The zero-order valence-corrected chi connectivity index (χ0v) is 28.3. The molecule has 0 radical (unpaired) electrons. The predicted molar refractivity (Wildman–Crippen MR) is 167 cm³/mol. The van der Waals surface area contributed by atoms with Gasteiger partial charge < -0.3 is 64.5 Å². The second kappa shape index (κ2) is 13.3. The molecule has 14 nitrogen and oxygen atoms in total. The van der Waals surface area contributed by atoms with Gasteiger partial charge in [-0.15, -0.1) is 0 Å². The lowest BCUT2D eigenvalue weighted by Crippen LogP contribution is -2.65. The van der Waals surface area contributed by atoms with Crippen LogP contribution in [0.2, 0.25) is 0 Å². The Labute approximate surface area is 285 Å². The number of carbonyl (C=O) groups excluding carboxylic acids is 1. The van der Waals surface area contributed by atoms with Crippen LogP contribution in [0.25, 0.3) is 0 Å². The predicted octanol–water partition coefficient (Wildman–Crippen LogP) is -0.747. The van der Waals surface area contributed by atoms with Crippen molar-refractivity contribution in [2.24, 2.45) is 34.5 Å². The number of aliphatic hydroxyl groups is 8. The lowest BCUT2D eigenvalue weighted by molar-refractivity contribution is -0.364. The molecule has 0 bridgehead atoms. The van der Waals surface area contributed by atoms with Crippen molar-refractivity contribution < 1.29 is 69.3 Å². The molecule has 8 N–H and O–H groups in total. The fourth-order valence-corrected chi connectivity index (χ4v) is 11.4. The molecule has 4 saturated carbocycles. The second-order valence-corrected chi connectivity index (χ2v) is 16.3. The molecule has 0 aromatic rings. The molecule has 3 aliphatic heterocycles. The van der Waals surface area contributed by atoms with E-state index in [0.29, 0.717) is 24.9 Å². The highest BCUT2D eigenvalue weighted by atomic mass is 16.7. The van der Waals surface area contributed by atoms with Crippen LogP contribution in [0.4, 0.5) is 0 Å². The van der Waals surface area contributed by atoms with Crippen molar-refractivity contribution in [3.05, 3.63) is 11.6 Å². The molecule has 4 aliphatic carbocycles. The van der Waals surface area contributed by atoms with E-state index in [1.807, 2.05) is 0 Å². The van der Waals surface area contributed by atoms with E-state index in [4.69, 9.17) is 23.7 Å². The highest BCUT2D eigenvalue weighted by Gasteiger charge is 2.68. The fourth-order valence-electron chi connectivity index (χ4n) is 11.4. The van der Waals surface area contributed by atoms with Gasteiger partial charge in [-0.25, -0.2) is 4.79 Å². The van der Waals surface area contributed by atoms with Gasteiger partial charge in [0.1, 0.15) is 55.4 Å². The van der Waals surface area contributed by atoms with E-state index in [1.54, 1.807) is 6.08 Å². The van der Waals surface area contributed by atoms with Crippen molar-refractivity contribution >= 4 is 5.97 Å². The Balaban J connectivity index is 0.990. The van der Waals surface area contributed by atoms with Crippen molar-refractivity contribution in [1.82, 2.24) is 0 Å². The van der Waals surface area contributed by atoms with Gasteiger partial charge in [0.15, 0.2) is 12.6 Å². The van der Waals surface area contributed by atoms with Crippen LogP contribution in [-0.2, 0) is 28.5 Å². The maximum absolute atomic E-state index is 12.5. The van der Waals surface area contributed by atoms with E-state index in [1.165, 1.54) is 0 Å². The molecule has 0 spiro atoms. The highest BCUT2D eigenvalue weighted by molar-refractivity contribution is 5.85. The van der Waals surface area contributed by atoms with E-state index in [-0.39, 0.29) is 34.7 Å². The molecule has 2 saturated heterocycles. The molecular formula is C35H54O14. The summed E-state index contributed by atoms with van der Waals surface area (Å²) in [6, 6.07) is 0. The molecule has 14 heteroatoms. The molecule has 18 atom stereocenters. The van der Waals surface area contributed by atoms with Crippen LogP contribution >= 0.6 is 0 Å². The largest absolute Gasteiger partial charge is 0.458 e. The number of esters is 1. The SMILES string of the molecule is C[C@]12CCC(O[C@@H]3O[C@H](CO)[C@@H](O[C@@H]4O[C@H](CO)[C@@H](O)[C@H](O)[C@H]4O)[C@H](O)[C@H]3O)C[C@H]1CC[C@@H]1[C@@H]2CC[C@]2(C)[C@@H](C3=CC(=O)OC3)CC[C@]12O. The number of ether oxygens (including phenoxy) is 5. The van der Waals surface area contributed by atoms with Gasteiger partial charge in [0.05, 0.1) is 24.9 Å². The molecule has 49 heavy (non-hydrogen) atoms. The van der Waals surface area contributed by atoms with Crippen LogP contribution in [-0.4, -0.2) is 140 Å². The second-order valence-electron chi connectivity index (χ2n) is 16.3. The lowest BCUT2D eigenvalue weighted by atomic mass is 9.43. The first kappa shape index (κ1) is 36.1. The van der Waals surface area contributed by atoms with Crippen molar-refractivity contribution in [2.75, 3.05) is 19.8 Å². The monoisotopic (exact) mass is 698 g/mol. The summed E-state index contributed by atoms with van der Waals surface area (Å²) in [5.41, 5.74) is -0.0991. The van der Waals surface area contributed by atoms with Gasteiger partial charge in [0.2, 0.25) is 0 Å². The zero-order chi connectivity index (χ0) is 35.0. The van der Waals surface area contributed by atoms with Crippen LogP contribution in [0.1, 0.15) is 71.6 Å².